The molecule has 706 valence electrons. The first-order valence-electron chi connectivity index (χ1n) is 44.6. The van der Waals surface area contributed by atoms with Gasteiger partial charge >= 0.3 is 18.5 Å². The molecule has 0 fully saturated rings. The smallest absolute Gasteiger partial charge is 0.416 e. The highest BCUT2D eigenvalue weighted by molar-refractivity contribution is 5.54. The Labute approximate surface area is 779 Å². The zero-order chi connectivity index (χ0) is 99.4. The van der Waals surface area contributed by atoms with E-state index in [1.807, 2.05) is 208 Å². The van der Waals surface area contributed by atoms with Crippen LogP contribution in [0.15, 0.2) is 315 Å². The Hall–Kier alpha value is -13.6. The highest BCUT2D eigenvalue weighted by Gasteiger charge is 2.34. The van der Waals surface area contributed by atoms with Gasteiger partial charge in [-0.25, -0.2) is 0 Å². The third-order valence-electron chi connectivity index (χ3n) is 21.0. The average molecular weight is 1830 g/mol. The summed E-state index contributed by atoms with van der Waals surface area (Å²) in [5.41, 5.74) is 16.1. The Morgan fingerprint density at radius 1 is 0.165 bits per heavy atom. The molecule has 133 heavy (non-hydrogen) atoms. The monoisotopic (exact) mass is 1830 g/mol. The molecule has 10 N–H and O–H groups in total. The van der Waals surface area contributed by atoms with Gasteiger partial charge in [0, 0.05) is 23.7 Å². The van der Waals surface area contributed by atoms with Crippen molar-refractivity contribution in [2.45, 2.75) is 197 Å². The van der Waals surface area contributed by atoms with Crippen LogP contribution in [0.3, 0.4) is 0 Å². The molecule has 0 aliphatic carbocycles. The van der Waals surface area contributed by atoms with Gasteiger partial charge in [-0.3, -0.25) is 0 Å². The standard InChI is InChI=1S/2C32H26O4.3C11H13F3.C9H12O2.4C2H6/c2*33-27-13-5-23(6-14-27)31(24-7-15-28(34)16-8-24)21-1-2-22(4-3-21)32(25-9-17-29(35)18-10-25)26-11-19-30(36)20-12-26;3*1-7(2)9-4-8(3)5-10(6-9)11(12,13)14;1-6(2)7-3-4-8(10)9(11)5-7;4*1-2/h2*1-20,31-36H;3*4-7H,1-3H3;3-6,10-11H,1-2H3;4*1-2H3. The van der Waals surface area contributed by atoms with Crippen molar-refractivity contribution in [1.82, 2.24) is 0 Å². The van der Waals surface area contributed by atoms with Crippen LogP contribution in [0.25, 0.3) is 0 Å². The van der Waals surface area contributed by atoms with Gasteiger partial charge in [-0.1, -0.05) is 297 Å². The minimum atomic E-state index is -4.24. The predicted octanol–water partition coefficient (Wildman–Crippen LogP) is 32.5. The van der Waals surface area contributed by atoms with E-state index in [1.54, 1.807) is 148 Å². The van der Waals surface area contributed by atoms with Crippen molar-refractivity contribution in [1.29, 1.82) is 0 Å². The largest absolute Gasteiger partial charge is 0.508 e. The van der Waals surface area contributed by atoms with Crippen LogP contribution in [0, 0.1) is 20.8 Å². The van der Waals surface area contributed by atoms with Crippen LogP contribution < -0.4 is 0 Å². The van der Waals surface area contributed by atoms with Crippen molar-refractivity contribution < 1.29 is 90.6 Å². The molecule has 0 saturated carbocycles. The number of hydrogen-bond acceptors (Lipinski definition) is 10. The summed E-state index contributed by atoms with van der Waals surface area (Å²) in [7, 11) is 0. The second-order valence-corrected chi connectivity index (χ2v) is 32.1. The summed E-state index contributed by atoms with van der Waals surface area (Å²) in [5.74, 6) is 2.00. The van der Waals surface area contributed by atoms with Gasteiger partial charge in [-0.05, 0) is 279 Å². The topological polar surface area (TPSA) is 202 Å². The number of rotatable bonds is 16. The molecule has 0 aliphatic rings. The molecule has 14 aromatic rings. The molecule has 0 spiro atoms. The Bertz CT molecular complexity index is 4940. The molecular weight excluding hydrogens is 1700 g/mol. The van der Waals surface area contributed by atoms with E-state index in [1.165, 1.54) is 42.5 Å². The Balaban J connectivity index is 0.000000296. The molecular formula is C114H127F9O10. The molecule has 0 heterocycles. The maximum absolute atomic E-state index is 12.4. The summed E-state index contributed by atoms with van der Waals surface area (Å²) in [6.45, 7) is 36.4. The van der Waals surface area contributed by atoms with Crippen LogP contribution in [-0.4, -0.2) is 51.1 Å². The van der Waals surface area contributed by atoms with E-state index >= 15 is 0 Å². The fourth-order valence-corrected chi connectivity index (χ4v) is 14.2. The average Bonchev–Trinajstić information content (AvgIpc) is 0.792. The SMILES string of the molecule is CC.CC.CC.CC.CC(C)c1ccc(O)c(O)c1.Cc1cc(C(C)C)cc(C(F)(F)F)c1.Cc1cc(C(C)C)cc(C(F)(F)F)c1.Cc1cc(C(C)C)cc(C(F)(F)F)c1.Oc1ccc(C(c2ccc(O)cc2)c2ccc(C(c3ccc(O)cc3)c3ccc(O)cc3)cc2)cc1.Oc1ccc(C(c2ccc(O)cc2)c2ccc(C(c3ccc(O)cc3)c3ccc(O)cc3)cc2)cc1. The van der Waals surface area contributed by atoms with Crippen molar-refractivity contribution in [3.05, 3.63) is 438 Å². The number of phenols is 10. The van der Waals surface area contributed by atoms with Gasteiger partial charge in [-0.15, -0.1) is 0 Å². The van der Waals surface area contributed by atoms with E-state index in [-0.39, 0.29) is 98.9 Å². The van der Waals surface area contributed by atoms with E-state index in [4.69, 9.17) is 10.2 Å². The summed E-state index contributed by atoms with van der Waals surface area (Å²) in [6, 6.07) is 91.8. The molecule has 0 amide bonds. The molecule has 0 saturated heterocycles. The number of hydrogen-bond donors (Lipinski definition) is 10. The van der Waals surface area contributed by atoms with Gasteiger partial charge in [0.05, 0.1) is 16.7 Å². The fourth-order valence-electron chi connectivity index (χ4n) is 14.2. The van der Waals surface area contributed by atoms with Crippen LogP contribution in [0.4, 0.5) is 39.5 Å². The van der Waals surface area contributed by atoms with E-state index in [0.29, 0.717) is 22.6 Å². The Kier molecular flexibility index (Phi) is 43.4. The van der Waals surface area contributed by atoms with Crippen LogP contribution in [0.1, 0.15) is 281 Å². The minimum Gasteiger partial charge on any atom is -0.508 e. The first kappa shape index (κ1) is 110. The molecule has 0 radical (unpaired) electrons. The van der Waals surface area contributed by atoms with Crippen molar-refractivity contribution in [3.8, 4) is 57.5 Å². The van der Waals surface area contributed by atoms with Crippen molar-refractivity contribution in [2.24, 2.45) is 0 Å². The van der Waals surface area contributed by atoms with E-state index < -0.39 is 35.2 Å². The third-order valence-corrected chi connectivity index (χ3v) is 21.0. The van der Waals surface area contributed by atoms with Gasteiger partial charge in [-0.2, -0.15) is 39.5 Å². The molecule has 0 unspecified atom stereocenters. The lowest BCUT2D eigenvalue weighted by molar-refractivity contribution is -0.138. The predicted molar refractivity (Wildman–Crippen MR) is 522 cm³/mol. The highest BCUT2D eigenvalue weighted by atomic mass is 19.4. The lowest BCUT2D eigenvalue weighted by Gasteiger charge is -2.22. The maximum atomic E-state index is 12.4. The zero-order valence-electron chi connectivity index (χ0n) is 79.0. The van der Waals surface area contributed by atoms with E-state index in [2.05, 4.69) is 48.5 Å². The second kappa shape index (κ2) is 52.5. The number of halogens is 9. The van der Waals surface area contributed by atoms with Crippen LogP contribution in [0.2, 0.25) is 0 Å². The van der Waals surface area contributed by atoms with Crippen molar-refractivity contribution >= 4 is 0 Å². The number of aryl methyl sites for hydroxylation is 3. The second-order valence-electron chi connectivity index (χ2n) is 32.1. The number of aromatic hydroxyl groups is 10. The Morgan fingerprint density at radius 2 is 0.301 bits per heavy atom. The normalized spacial score (nSPS) is 10.9. The zero-order valence-corrected chi connectivity index (χ0v) is 79.0. The number of benzene rings is 14. The summed E-state index contributed by atoms with van der Waals surface area (Å²) < 4.78 is 112. The van der Waals surface area contributed by atoms with Gasteiger partial charge < -0.3 is 51.1 Å². The van der Waals surface area contributed by atoms with E-state index in [0.717, 1.165) is 89.0 Å². The van der Waals surface area contributed by atoms with Gasteiger partial charge in [0.1, 0.15) is 46.0 Å². The molecule has 19 heteroatoms. The lowest BCUT2D eigenvalue weighted by atomic mass is 9.81. The first-order chi connectivity index (χ1) is 63.0. The lowest BCUT2D eigenvalue weighted by Crippen LogP contribution is -2.06. The van der Waals surface area contributed by atoms with Gasteiger partial charge in [0.25, 0.3) is 0 Å². The molecule has 14 aromatic carbocycles. The summed E-state index contributed by atoms with van der Waals surface area (Å²) in [4.78, 5) is 0. The highest BCUT2D eigenvalue weighted by Crippen LogP contribution is 2.43. The van der Waals surface area contributed by atoms with Gasteiger partial charge in [0.2, 0.25) is 0 Å². The van der Waals surface area contributed by atoms with Crippen LogP contribution >= 0.6 is 0 Å². The number of alkyl halides is 9. The molecule has 0 aromatic heterocycles. The fraction of sp³-hybridized carbons (Fsp3) is 0.263. The maximum Gasteiger partial charge on any atom is 0.416 e. The third kappa shape index (κ3) is 34.0. The first-order valence-corrected chi connectivity index (χ1v) is 44.6. The minimum absolute atomic E-state index is 0.0452. The quantitative estimate of drug-likeness (QED) is 0.0252. The molecule has 14 rings (SSSR count). The van der Waals surface area contributed by atoms with Crippen LogP contribution in [-0.2, 0) is 18.5 Å². The molecule has 10 nitrogen and oxygen atoms in total. The molecule has 0 bridgehead atoms. The number of phenolic OH excluding ortho intramolecular Hbond substituents is 10. The van der Waals surface area contributed by atoms with Crippen LogP contribution in [0.5, 0.6) is 57.5 Å². The van der Waals surface area contributed by atoms with Crippen molar-refractivity contribution in [3.63, 3.8) is 0 Å². The van der Waals surface area contributed by atoms with E-state index in [9.17, 15) is 80.4 Å². The molecule has 0 aliphatic heterocycles. The van der Waals surface area contributed by atoms with Crippen molar-refractivity contribution in [2.75, 3.05) is 0 Å². The van der Waals surface area contributed by atoms with Gasteiger partial charge in [0.15, 0.2) is 11.5 Å². The summed E-state index contributed by atoms with van der Waals surface area (Å²) >= 11 is 0. The summed E-state index contributed by atoms with van der Waals surface area (Å²) in [5, 5.41) is 96.5. The Morgan fingerprint density at radius 3 is 0.429 bits per heavy atom. The summed E-state index contributed by atoms with van der Waals surface area (Å²) in [6.07, 6.45) is -12.7. The molecule has 0 atom stereocenters.